The van der Waals surface area contributed by atoms with Crippen molar-refractivity contribution >= 4 is 0 Å². The van der Waals surface area contributed by atoms with Gasteiger partial charge in [-0.05, 0) is 7.05 Å². The molecular formula is C6H13NO2. The maximum absolute atomic E-state index is 9.05. The normalized spacial score (nSPS) is 39.0. The first kappa shape index (κ1) is 6.99. The van der Waals surface area contributed by atoms with Gasteiger partial charge < -0.3 is 15.1 Å². The summed E-state index contributed by atoms with van der Waals surface area (Å²) >= 11 is 0. The van der Waals surface area contributed by atoms with Crippen LogP contribution in [0.4, 0.5) is 0 Å². The Labute approximate surface area is 54.9 Å². The predicted molar refractivity (Wildman–Crippen MR) is 34.1 cm³/mol. The lowest BCUT2D eigenvalue weighted by Crippen LogP contribution is -2.43. The molecule has 2 N–H and O–H groups in total. The Balaban J connectivity index is 2.34. The Morgan fingerprint density at radius 1 is 1.22 bits per heavy atom. The molecule has 0 unspecified atom stereocenters. The largest absolute Gasteiger partial charge is 0.392 e. The van der Waals surface area contributed by atoms with Crippen molar-refractivity contribution in [1.29, 1.82) is 0 Å². The quantitative estimate of drug-likeness (QED) is 0.445. The first-order chi connectivity index (χ1) is 4.18. The molecule has 0 aromatic rings. The fourth-order valence-corrected chi connectivity index (χ4v) is 1.26. The van der Waals surface area contributed by atoms with Crippen LogP contribution in [-0.4, -0.2) is 47.5 Å². The van der Waals surface area contributed by atoms with E-state index in [9.17, 15) is 0 Å². The highest BCUT2D eigenvalue weighted by Gasteiger charge is 2.20. The topological polar surface area (TPSA) is 43.7 Å². The second kappa shape index (κ2) is 2.64. The zero-order valence-electron chi connectivity index (χ0n) is 5.62. The zero-order valence-corrected chi connectivity index (χ0v) is 5.62. The standard InChI is InChI=1S/C6H13NO2/c1-7-3-5(8)2-6(9)4-7/h5-6,8-9H,2-4H2,1H3/t5-,6-/m1/s1. The van der Waals surface area contributed by atoms with Crippen molar-refractivity contribution < 1.29 is 10.2 Å². The first-order valence-electron chi connectivity index (χ1n) is 3.23. The van der Waals surface area contributed by atoms with Crippen molar-refractivity contribution in [2.45, 2.75) is 18.6 Å². The van der Waals surface area contributed by atoms with Crippen molar-refractivity contribution in [3.8, 4) is 0 Å². The third-order valence-electron chi connectivity index (χ3n) is 1.59. The van der Waals surface area contributed by atoms with Crippen molar-refractivity contribution in [2.75, 3.05) is 20.1 Å². The molecule has 1 fully saturated rings. The number of β-amino-alcohol motifs (C(OH)–C–C–N with tert-alkyl or cyclic N) is 2. The maximum Gasteiger partial charge on any atom is 0.0692 e. The number of likely N-dealkylation sites (tertiary alicyclic amines) is 1. The van der Waals surface area contributed by atoms with Gasteiger partial charge in [-0.2, -0.15) is 0 Å². The van der Waals surface area contributed by atoms with Gasteiger partial charge in [0.1, 0.15) is 0 Å². The van der Waals surface area contributed by atoms with Crippen LogP contribution < -0.4 is 0 Å². The molecule has 1 aliphatic rings. The van der Waals surface area contributed by atoms with Crippen LogP contribution in [-0.2, 0) is 0 Å². The van der Waals surface area contributed by atoms with Crippen molar-refractivity contribution in [3.05, 3.63) is 0 Å². The van der Waals surface area contributed by atoms with Crippen LogP contribution in [0.2, 0.25) is 0 Å². The van der Waals surface area contributed by atoms with E-state index in [-0.39, 0.29) is 12.2 Å². The van der Waals surface area contributed by atoms with Crippen LogP contribution in [0.3, 0.4) is 0 Å². The molecule has 1 saturated heterocycles. The molecular weight excluding hydrogens is 118 g/mol. The van der Waals surface area contributed by atoms with E-state index in [2.05, 4.69) is 0 Å². The highest BCUT2D eigenvalue weighted by atomic mass is 16.3. The fourth-order valence-electron chi connectivity index (χ4n) is 1.26. The lowest BCUT2D eigenvalue weighted by Gasteiger charge is -2.29. The molecule has 0 radical (unpaired) electrons. The van der Waals surface area contributed by atoms with Gasteiger partial charge in [-0.1, -0.05) is 0 Å². The molecule has 3 heteroatoms. The Morgan fingerprint density at radius 2 is 1.67 bits per heavy atom. The second-order valence-electron chi connectivity index (χ2n) is 2.76. The number of hydrogen-bond donors (Lipinski definition) is 2. The Hall–Kier alpha value is -0.120. The molecule has 0 saturated carbocycles. The summed E-state index contributed by atoms with van der Waals surface area (Å²) in [6, 6.07) is 0. The summed E-state index contributed by atoms with van der Waals surface area (Å²) in [6.07, 6.45) is -0.137. The Morgan fingerprint density at radius 3 is 2.00 bits per heavy atom. The molecule has 0 aromatic heterocycles. The van der Waals surface area contributed by atoms with E-state index < -0.39 is 0 Å². The molecule has 9 heavy (non-hydrogen) atoms. The summed E-state index contributed by atoms with van der Waals surface area (Å²) in [5.74, 6) is 0. The zero-order chi connectivity index (χ0) is 6.85. The highest BCUT2D eigenvalue weighted by molar-refractivity contribution is 4.75. The summed E-state index contributed by atoms with van der Waals surface area (Å²) in [6.45, 7) is 1.38. The summed E-state index contributed by atoms with van der Waals surface area (Å²) in [5.41, 5.74) is 0. The van der Waals surface area contributed by atoms with Crippen LogP contribution >= 0.6 is 0 Å². The summed E-state index contributed by atoms with van der Waals surface area (Å²) < 4.78 is 0. The lowest BCUT2D eigenvalue weighted by atomic mass is 10.1. The van der Waals surface area contributed by atoms with Gasteiger partial charge in [-0.15, -0.1) is 0 Å². The number of aliphatic hydroxyl groups is 2. The Bertz CT molecular complexity index is 72.0. The third-order valence-corrected chi connectivity index (χ3v) is 1.59. The monoisotopic (exact) mass is 131 g/mol. The van der Waals surface area contributed by atoms with E-state index in [1.807, 2.05) is 11.9 Å². The van der Waals surface area contributed by atoms with Gasteiger partial charge in [-0.25, -0.2) is 0 Å². The first-order valence-corrected chi connectivity index (χ1v) is 3.23. The number of nitrogens with zero attached hydrogens (tertiary/aromatic N) is 1. The van der Waals surface area contributed by atoms with Crippen LogP contribution in [0.25, 0.3) is 0 Å². The molecule has 2 atom stereocenters. The fraction of sp³-hybridized carbons (Fsp3) is 1.00. The lowest BCUT2D eigenvalue weighted by molar-refractivity contribution is 0.00210. The van der Waals surface area contributed by atoms with Crippen molar-refractivity contribution in [2.24, 2.45) is 0 Å². The van der Waals surface area contributed by atoms with Crippen LogP contribution in [0.15, 0.2) is 0 Å². The molecule has 0 aromatic carbocycles. The second-order valence-corrected chi connectivity index (χ2v) is 2.76. The average molecular weight is 131 g/mol. The van der Waals surface area contributed by atoms with E-state index >= 15 is 0 Å². The van der Waals surface area contributed by atoms with Crippen molar-refractivity contribution in [3.63, 3.8) is 0 Å². The van der Waals surface area contributed by atoms with Gasteiger partial charge in [0.25, 0.3) is 0 Å². The van der Waals surface area contributed by atoms with Crippen LogP contribution in [0.1, 0.15) is 6.42 Å². The van der Waals surface area contributed by atoms with Crippen molar-refractivity contribution in [1.82, 2.24) is 4.90 Å². The highest BCUT2D eigenvalue weighted by Crippen LogP contribution is 2.07. The third kappa shape index (κ3) is 1.93. The van der Waals surface area contributed by atoms with Gasteiger partial charge in [0, 0.05) is 19.5 Å². The smallest absolute Gasteiger partial charge is 0.0692 e. The minimum absolute atomic E-state index is 0.334. The molecule has 1 aliphatic heterocycles. The number of likely N-dealkylation sites (N-methyl/N-ethyl adjacent to an activating group) is 1. The number of hydrogen-bond acceptors (Lipinski definition) is 3. The molecule has 1 heterocycles. The van der Waals surface area contributed by atoms with E-state index in [0.717, 1.165) is 0 Å². The minimum atomic E-state index is -0.334. The van der Waals surface area contributed by atoms with Gasteiger partial charge in [0.2, 0.25) is 0 Å². The SMILES string of the molecule is CN1C[C@H](O)C[C@@H](O)C1. The van der Waals surface area contributed by atoms with E-state index in [1.54, 1.807) is 0 Å². The van der Waals surface area contributed by atoms with Gasteiger partial charge in [-0.3, -0.25) is 0 Å². The molecule has 0 spiro atoms. The average Bonchev–Trinajstić information content (AvgIpc) is 1.59. The van der Waals surface area contributed by atoms with Crippen LogP contribution in [0, 0.1) is 0 Å². The van der Waals surface area contributed by atoms with E-state index in [1.165, 1.54) is 0 Å². The molecule has 3 nitrogen and oxygen atoms in total. The summed E-state index contributed by atoms with van der Waals surface area (Å²) in [5, 5.41) is 18.1. The number of piperidine rings is 1. The molecule has 0 aliphatic carbocycles. The minimum Gasteiger partial charge on any atom is -0.392 e. The molecule has 0 amide bonds. The van der Waals surface area contributed by atoms with E-state index in [0.29, 0.717) is 19.5 Å². The van der Waals surface area contributed by atoms with E-state index in [4.69, 9.17) is 10.2 Å². The predicted octanol–water partition coefficient (Wildman–Crippen LogP) is -0.956. The molecule has 0 bridgehead atoms. The van der Waals surface area contributed by atoms with Gasteiger partial charge in [0.05, 0.1) is 12.2 Å². The van der Waals surface area contributed by atoms with Gasteiger partial charge in [0.15, 0.2) is 0 Å². The summed E-state index contributed by atoms with van der Waals surface area (Å²) in [7, 11) is 1.89. The number of rotatable bonds is 0. The molecule has 54 valence electrons. The van der Waals surface area contributed by atoms with Gasteiger partial charge >= 0.3 is 0 Å². The maximum atomic E-state index is 9.05. The Kier molecular flexibility index (Phi) is 2.05. The number of aliphatic hydroxyl groups excluding tert-OH is 2. The van der Waals surface area contributed by atoms with Crippen LogP contribution in [0.5, 0.6) is 0 Å². The summed E-state index contributed by atoms with van der Waals surface area (Å²) in [4.78, 5) is 1.93. The molecule has 1 rings (SSSR count).